The highest BCUT2D eigenvalue weighted by atomic mass is 16.5. The Morgan fingerprint density at radius 3 is 2.47 bits per heavy atom. The minimum Gasteiger partial charge on any atom is -0.426 e. The monoisotopic (exact) mass is 411 g/mol. The van der Waals surface area contributed by atoms with Gasteiger partial charge in [0.25, 0.3) is 0 Å². The van der Waals surface area contributed by atoms with Gasteiger partial charge >= 0.3 is 5.97 Å². The van der Waals surface area contributed by atoms with E-state index in [0.29, 0.717) is 30.7 Å². The molecule has 1 amide bonds. The predicted molar refractivity (Wildman–Crippen MR) is 113 cm³/mol. The van der Waals surface area contributed by atoms with Crippen LogP contribution in [0.2, 0.25) is 0 Å². The van der Waals surface area contributed by atoms with E-state index in [-0.39, 0.29) is 37.6 Å². The quantitative estimate of drug-likeness (QED) is 0.540. The van der Waals surface area contributed by atoms with E-state index in [1.54, 1.807) is 19.1 Å². The van der Waals surface area contributed by atoms with Crippen molar-refractivity contribution in [2.45, 2.75) is 58.8 Å². The van der Waals surface area contributed by atoms with E-state index in [4.69, 9.17) is 4.74 Å². The lowest BCUT2D eigenvalue weighted by Crippen LogP contribution is -2.40. The van der Waals surface area contributed by atoms with Crippen LogP contribution in [0.25, 0.3) is 0 Å². The van der Waals surface area contributed by atoms with Gasteiger partial charge in [-0.3, -0.25) is 9.59 Å². The molecule has 6 heteroatoms. The summed E-state index contributed by atoms with van der Waals surface area (Å²) in [5.41, 5.74) is 4.57. The molecule has 2 aromatic carbocycles. The smallest absolute Gasteiger partial charge is 0.310 e. The van der Waals surface area contributed by atoms with Crippen molar-refractivity contribution in [2.24, 2.45) is 0 Å². The fraction of sp³-hybridized carbons (Fsp3) is 0.417. The molecular weight excluding hydrogens is 382 g/mol. The first-order valence-electron chi connectivity index (χ1n) is 10.5. The van der Waals surface area contributed by atoms with Crippen LogP contribution in [0.15, 0.2) is 36.4 Å². The molecule has 0 aliphatic carbocycles. The van der Waals surface area contributed by atoms with Crippen LogP contribution in [-0.4, -0.2) is 33.5 Å². The van der Waals surface area contributed by atoms with Gasteiger partial charge in [0.1, 0.15) is 5.75 Å². The summed E-state index contributed by atoms with van der Waals surface area (Å²) in [5.74, 6) is 0.104. The van der Waals surface area contributed by atoms with E-state index in [0.717, 1.165) is 28.7 Å². The summed E-state index contributed by atoms with van der Waals surface area (Å²) in [6.07, 6.45) is 2.01. The van der Waals surface area contributed by atoms with Gasteiger partial charge < -0.3 is 19.8 Å². The van der Waals surface area contributed by atoms with Gasteiger partial charge in [0.05, 0.1) is 19.3 Å². The highest BCUT2D eigenvalue weighted by Crippen LogP contribution is 2.35. The minimum atomic E-state index is -0.357. The Hall–Kier alpha value is -2.70. The number of hydrogen-bond acceptors (Lipinski definition) is 5. The number of esters is 1. The zero-order valence-electron chi connectivity index (χ0n) is 17.6. The third-order valence-electron chi connectivity index (χ3n) is 5.61. The lowest BCUT2D eigenvalue weighted by Gasteiger charge is -2.38. The number of ether oxygens (including phenoxy) is 1. The molecule has 1 heterocycles. The summed E-state index contributed by atoms with van der Waals surface area (Å²) in [6.45, 7) is 3.99. The van der Waals surface area contributed by atoms with Crippen molar-refractivity contribution in [3.05, 3.63) is 64.2 Å². The number of carbonyl (C=O) groups is 2. The second kappa shape index (κ2) is 9.87. The zero-order chi connectivity index (χ0) is 21.7. The topological polar surface area (TPSA) is 87.1 Å². The van der Waals surface area contributed by atoms with E-state index in [9.17, 15) is 19.8 Å². The minimum absolute atomic E-state index is 0.00959. The summed E-state index contributed by atoms with van der Waals surface area (Å²) >= 11 is 0. The van der Waals surface area contributed by atoms with Crippen molar-refractivity contribution >= 4 is 11.9 Å². The third-order valence-corrected chi connectivity index (χ3v) is 5.61. The SMILES string of the molecule is CCC(=O)Oc1cc(CC2c3ccc(CO)cc3CCN2C(=O)CC)ccc1CO. The molecule has 2 N–H and O–H groups in total. The van der Waals surface area contributed by atoms with Crippen molar-refractivity contribution in [1.82, 2.24) is 4.90 Å². The van der Waals surface area contributed by atoms with Crippen LogP contribution in [0.4, 0.5) is 0 Å². The van der Waals surface area contributed by atoms with Crippen molar-refractivity contribution in [2.75, 3.05) is 6.54 Å². The highest BCUT2D eigenvalue weighted by Gasteiger charge is 2.30. The molecule has 160 valence electrons. The number of fused-ring (bicyclic) bond motifs is 1. The van der Waals surface area contributed by atoms with E-state index >= 15 is 0 Å². The average molecular weight is 411 g/mol. The Morgan fingerprint density at radius 1 is 1.03 bits per heavy atom. The maximum atomic E-state index is 12.6. The third kappa shape index (κ3) is 4.71. The van der Waals surface area contributed by atoms with Crippen LogP contribution >= 0.6 is 0 Å². The molecule has 2 aromatic rings. The maximum absolute atomic E-state index is 12.6. The fourth-order valence-corrected chi connectivity index (χ4v) is 3.96. The molecule has 0 saturated carbocycles. The Balaban J connectivity index is 1.96. The average Bonchev–Trinajstić information content (AvgIpc) is 2.78. The first-order valence-corrected chi connectivity index (χ1v) is 10.5. The Kier molecular flexibility index (Phi) is 7.24. The van der Waals surface area contributed by atoms with Crippen LogP contribution in [0.1, 0.15) is 60.5 Å². The van der Waals surface area contributed by atoms with Crippen LogP contribution in [-0.2, 0) is 35.6 Å². The molecule has 0 saturated heterocycles. The molecule has 1 aliphatic rings. The molecule has 0 aromatic heterocycles. The molecule has 1 aliphatic heterocycles. The molecule has 0 fully saturated rings. The molecule has 1 unspecified atom stereocenters. The number of aliphatic hydroxyl groups excluding tert-OH is 2. The molecule has 0 spiro atoms. The summed E-state index contributed by atoms with van der Waals surface area (Å²) in [6, 6.07) is 11.2. The predicted octanol–water partition coefficient (Wildman–Crippen LogP) is 3.07. The highest BCUT2D eigenvalue weighted by molar-refractivity contribution is 5.77. The van der Waals surface area contributed by atoms with Gasteiger partial charge in [-0.05, 0) is 41.2 Å². The second-order valence-corrected chi connectivity index (χ2v) is 7.53. The summed E-state index contributed by atoms with van der Waals surface area (Å²) in [5, 5.41) is 19.0. The molecule has 0 bridgehead atoms. The van der Waals surface area contributed by atoms with Gasteiger partial charge in [0.2, 0.25) is 5.91 Å². The first-order chi connectivity index (χ1) is 14.5. The lowest BCUT2D eigenvalue weighted by molar-refractivity contribution is -0.134. The van der Waals surface area contributed by atoms with E-state index in [1.807, 2.05) is 36.1 Å². The van der Waals surface area contributed by atoms with E-state index in [1.165, 1.54) is 0 Å². The Bertz CT molecular complexity index is 924. The fourth-order valence-electron chi connectivity index (χ4n) is 3.96. The number of carbonyl (C=O) groups excluding carboxylic acids is 2. The number of hydrogen-bond donors (Lipinski definition) is 2. The summed E-state index contributed by atoms with van der Waals surface area (Å²) in [7, 11) is 0. The molecule has 6 nitrogen and oxygen atoms in total. The van der Waals surface area contributed by atoms with Gasteiger partial charge in [-0.25, -0.2) is 0 Å². The molecule has 30 heavy (non-hydrogen) atoms. The van der Waals surface area contributed by atoms with Crippen LogP contribution in [0.5, 0.6) is 5.75 Å². The molecule has 0 radical (unpaired) electrons. The second-order valence-electron chi connectivity index (χ2n) is 7.53. The van der Waals surface area contributed by atoms with Gasteiger partial charge in [-0.15, -0.1) is 0 Å². The number of amides is 1. The molecular formula is C24H29NO5. The van der Waals surface area contributed by atoms with Crippen LogP contribution < -0.4 is 4.74 Å². The maximum Gasteiger partial charge on any atom is 0.310 e. The van der Waals surface area contributed by atoms with Crippen molar-refractivity contribution in [3.63, 3.8) is 0 Å². The Labute approximate surface area is 177 Å². The summed E-state index contributed by atoms with van der Waals surface area (Å²) in [4.78, 5) is 26.3. The first kappa shape index (κ1) is 22.0. The van der Waals surface area contributed by atoms with Crippen molar-refractivity contribution < 1.29 is 24.5 Å². The largest absolute Gasteiger partial charge is 0.426 e. The Morgan fingerprint density at radius 2 is 1.80 bits per heavy atom. The summed E-state index contributed by atoms with van der Waals surface area (Å²) < 4.78 is 5.40. The standard InChI is InChI=1S/C24H29NO5/c1-3-23(28)25-10-9-18-11-17(14-26)6-8-20(18)21(25)12-16-5-7-19(15-27)22(13-16)30-24(29)4-2/h5-8,11,13,21,26-27H,3-4,9-10,12,14-15H2,1-2H3. The number of benzene rings is 2. The van der Waals surface area contributed by atoms with E-state index in [2.05, 4.69) is 0 Å². The van der Waals surface area contributed by atoms with Gasteiger partial charge in [-0.1, -0.05) is 44.2 Å². The lowest BCUT2D eigenvalue weighted by atomic mass is 9.87. The molecule has 3 rings (SSSR count). The van der Waals surface area contributed by atoms with Gasteiger partial charge in [-0.2, -0.15) is 0 Å². The number of aliphatic hydroxyl groups is 2. The van der Waals surface area contributed by atoms with E-state index < -0.39 is 0 Å². The number of nitrogens with zero attached hydrogens (tertiary/aromatic N) is 1. The van der Waals surface area contributed by atoms with Crippen molar-refractivity contribution in [3.8, 4) is 5.75 Å². The number of rotatable bonds is 7. The zero-order valence-corrected chi connectivity index (χ0v) is 17.6. The van der Waals surface area contributed by atoms with Crippen LogP contribution in [0.3, 0.4) is 0 Å². The van der Waals surface area contributed by atoms with Gasteiger partial charge in [0, 0.05) is 24.9 Å². The van der Waals surface area contributed by atoms with Crippen molar-refractivity contribution in [1.29, 1.82) is 0 Å². The van der Waals surface area contributed by atoms with Gasteiger partial charge in [0.15, 0.2) is 0 Å². The molecule has 1 atom stereocenters. The van der Waals surface area contributed by atoms with Crippen LogP contribution in [0, 0.1) is 0 Å². The normalized spacial score (nSPS) is 15.6.